The Hall–Kier alpha value is -1.54. The predicted molar refractivity (Wildman–Crippen MR) is 98.9 cm³/mol. The van der Waals surface area contributed by atoms with Crippen LogP contribution >= 0.6 is 0 Å². The van der Waals surface area contributed by atoms with Gasteiger partial charge in [-0.3, -0.25) is 5.01 Å². The highest BCUT2D eigenvalue weighted by Crippen LogP contribution is 2.35. The number of hydrazine groups is 1. The van der Waals surface area contributed by atoms with Crippen molar-refractivity contribution in [1.29, 1.82) is 0 Å². The van der Waals surface area contributed by atoms with Crippen molar-refractivity contribution >= 4 is 15.5 Å². The number of alkyl halides is 3. The van der Waals surface area contributed by atoms with Crippen LogP contribution in [0.5, 0.6) is 0 Å². The summed E-state index contributed by atoms with van der Waals surface area (Å²) in [5.41, 5.74) is -0.174. The van der Waals surface area contributed by atoms with E-state index in [0.29, 0.717) is 18.2 Å². The lowest BCUT2D eigenvalue weighted by molar-refractivity contribution is -0.0936. The molecule has 0 saturated heterocycles. The van der Waals surface area contributed by atoms with Crippen LogP contribution < -0.4 is 5.01 Å². The van der Waals surface area contributed by atoms with Gasteiger partial charge in [-0.15, -0.1) is 0 Å². The first-order valence-corrected chi connectivity index (χ1v) is 11.2. The second-order valence-corrected chi connectivity index (χ2v) is 9.49. The summed E-state index contributed by atoms with van der Waals surface area (Å²) < 4.78 is 63.6. The third kappa shape index (κ3) is 5.04. The molecule has 0 N–H and O–H groups in total. The first-order valence-electron chi connectivity index (χ1n) is 9.27. The van der Waals surface area contributed by atoms with Gasteiger partial charge in [-0.2, -0.15) is 13.2 Å². The summed E-state index contributed by atoms with van der Waals surface area (Å²) in [4.78, 5) is 0.100. The van der Waals surface area contributed by atoms with E-state index in [-0.39, 0.29) is 11.4 Å². The van der Waals surface area contributed by atoms with Crippen LogP contribution in [0.2, 0.25) is 0 Å². The molecule has 3 rings (SSSR count). The van der Waals surface area contributed by atoms with E-state index in [0.717, 1.165) is 38.1 Å². The molecule has 27 heavy (non-hydrogen) atoms. The van der Waals surface area contributed by atoms with Crippen molar-refractivity contribution in [2.24, 2.45) is 5.92 Å². The summed E-state index contributed by atoms with van der Waals surface area (Å²) in [6.45, 7) is 0.336. The van der Waals surface area contributed by atoms with Crippen LogP contribution in [0.3, 0.4) is 0 Å². The molecule has 1 fully saturated rings. The number of hydrogen-bond donors (Lipinski definition) is 0. The van der Waals surface area contributed by atoms with Crippen LogP contribution in [0.1, 0.15) is 38.5 Å². The Kier molecular flexibility index (Phi) is 5.86. The topological polar surface area (TPSA) is 40.6 Å². The number of hydrogen-bond acceptors (Lipinski definition) is 4. The second-order valence-electron chi connectivity index (χ2n) is 7.47. The standard InChI is InChI=1S/C19H25F3N2O2S/c1-27(25,26)18-10-6-9-17(11-18)24-14-16(19(20,21)22)13-23(24)12-15-7-4-2-3-5-8-15/h6,9-11,14-15H,2-5,7-8,12-13H2,1H3. The van der Waals surface area contributed by atoms with Gasteiger partial charge < -0.3 is 0 Å². The average Bonchev–Trinajstić information content (AvgIpc) is 2.84. The van der Waals surface area contributed by atoms with E-state index in [4.69, 9.17) is 0 Å². The van der Waals surface area contributed by atoms with Crippen molar-refractivity contribution in [3.63, 3.8) is 0 Å². The molecule has 1 aliphatic heterocycles. The lowest BCUT2D eigenvalue weighted by atomic mass is 10.0. The maximum absolute atomic E-state index is 13.3. The molecule has 0 radical (unpaired) electrons. The summed E-state index contributed by atoms with van der Waals surface area (Å²) in [6, 6.07) is 6.10. The zero-order chi connectivity index (χ0) is 19.7. The van der Waals surface area contributed by atoms with Gasteiger partial charge in [0.2, 0.25) is 0 Å². The molecule has 1 heterocycles. The molecule has 1 saturated carbocycles. The summed E-state index contributed by atoms with van der Waals surface area (Å²) >= 11 is 0. The van der Waals surface area contributed by atoms with Crippen molar-refractivity contribution in [2.75, 3.05) is 24.4 Å². The molecule has 1 aliphatic carbocycles. The molecule has 1 aromatic carbocycles. The Balaban J connectivity index is 1.89. The van der Waals surface area contributed by atoms with Crippen molar-refractivity contribution in [3.05, 3.63) is 36.0 Å². The first-order chi connectivity index (χ1) is 12.6. The summed E-state index contributed by atoms with van der Waals surface area (Å²) in [7, 11) is -3.43. The monoisotopic (exact) mass is 402 g/mol. The highest BCUT2D eigenvalue weighted by atomic mass is 32.2. The van der Waals surface area contributed by atoms with E-state index in [2.05, 4.69) is 0 Å². The van der Waals surface area contributed by atoms with Gasteiger partial charge in [-0.1, -0.05) is 31.7 Å². The molecule has 150 valence electrons. The number of nitrogens with zero attached hydrogens (tertiary/aromatic N) is 2. The van der Waals surface area contributed by atoms with Gasteiger partial charge in [-0.05, 0) is 37.0 Å². The van der Waals surface area contributed by atoms with Gasteiger partial charge in [-0.25, -0.2) is 13.4 Å². The highest BCUT2D eigenvalue weighted by molar-refractivity contribution is 7.90. The van der Waals surface area contributed by atoms with Crippen molar-refractivity contribution in [2.45, 2.75) is 49.6 Å². The predicted octanol–water partition coefficient (Wildman–Crippen LogP) is 4.54. The van der Waals surface area contributed by atoms with E-state index in [1.165, 1.54) is 30.0 Å². The fourth-order valence-corrected chi connectivity index (χ4v) is 4.46. The Bertz CT molecular complexity index is 797. The lowest BCUT2D eigenvalue weighted by Crippen LogP contribution is -2.39. The first kappa shape index (κ1) is 20.2. The summed E-state index contributed by atoms with van der Waals surface area (Å²) in [6.07, 6.45) is 4.43. The Morgan fingerprint density at radius 3 is 2.37 bits per heavy atom. The zero-order valence-electron chi connectivity index (χ0n) is 15.4. The molecular weight excluding hydrogens is 377 g/mol. The molecular formula is C19H25F3N2O2S. The van der Waals surface area contributed by atoms with Crippen molar-refractivity contribution in [1.82, 2.24) is 5.01 Å². The van der Waals surface area contributed by atoms with Crippen LogP contribution in [-0.2, 0) is 9.84 Å². The minimum Gasteiger partial charge on any atom is -0.281 e. The fraction of sp³-hybridized carbons (Fsp3) is 0.579. The zero-order valence-corrected chi connectivity index (χ0v) is 16.2. The molecule has 8 heteroatoms. The number of anilines is 1. The Morgan fingerprint density at radius 2 is 1.78 bits per heavy atom. The van der Waals surface area contributed by atoms with E-state index in [1.54, 1.807) is 17.1 Å². The van der Waals surface area contributed by atoms with Gasteiger partial charge in [0.05, 0.1) is 22.7 Å². The molecule has 1 aromatic rings. The van der Waals surface area contributed by atoms with Gasteiger partial charge >= 0.3 is 6.18 Å². The molecule has 0 bridgehead atoms. The Morgan fingerprint density at radius 1 is 1.11 bits per heavy atom. The molecule has 0 spiro atoms. The minimum absolute atomic E-state index is 0.100. The van der Waals surface area contributed by atoms with Crippen LogP contribution in [0, 0.1) is 5.92 Å². The van der Waals surface area contributed by atoms with E-state index >= 15 is 0 Å². The number of sulfone groups is 1. The molecule has 0 atom stereocenters. The number of rotatable bonds is 4. The summed E-state index contributed by atoms with van der Waals surface area (Å²) in [5.74, 6) is 0.356. The van der Waals surface area contributed by atoms with E-state index < -0.39 is 21.6 Å². The molecule has 0 aromatic heterocycles. The van der Waals surface area contributed by atoms with Crippen LogP contribution in [0.25, 0.3) is 0 Å². The maximum Gasteiger partial charge on any atom is 0.415 e. The molecule has 4 nitrogen and oxygen atoms in total. The van der Waals surface area contributed by atoms with Gasteiger partial charge in [0.1, 0.15) is 0 Å². The maximum atomic E-state index is 13.3. The second kappa shape index (κ2) is 7.83. The average molecular weight is 402 g/mol. The van der Waals surface area contributed by atoms with Crippen LogP contribution in [-0.4, -0.2) is 38.9 Å². The SMILES string of the molecule is CS(=O)(=O)c1cccc(N2C=C(C(F)(F)F)CN2CC2CCCCCC2)c1. The third-order valence-corrected chi connectivity index (χ3v) is 6.36. The van der Waals surface area contributed by atoms with Crippen LogP contribution in [0.15, 0.2) is 40.9 Å². The number of benzene rings is 1. The lowest BCUT2D eigenvalue weighted by Gasteiger charge is -2.32. The molecule has 0 amide bonds. The van der Waals surface area contributed by atoms with Gasteiger partial charge in [0.25, 0.3) is 0 Å². The summed E-state index contributed by atoms with van der Waals surface area (Å²) in [5, 5.41) is 3.17. The van der Waals surface area contributed by atoms with Crippen molar-refractivity contribution < 1.29 is 21.6 Å². The largest absolute Gasteiger partial charge is 0.415 e. The van der Waals surface area contributed by atoms with Gasteiger partial charge in [0.15, 0.2) is 9.84 Å². The molecule has 0 unspecified atom stereocenters. The minimum atomic E-state index is -4.40. The highest BCUT2D eigenvalue weighted by Gasteiger charge is 2.40. The smallest absolute Gasteiger partial charge is 0.281 e. The third-order valence-electron chi connectivity index (χ3n) is 5.25. The molecule has 2 aliphatic rings. The van der Waals surface area contributed by atoms with Crippen LogP contribution in [0.4, 0.5) is 18.9 Å². The van der Waals surface area contributed by atoms with E-state index in [1.807, 2.05) is 0 Å². The number of halogens is 3. The quantitative estimate of drug-likeness (QED) is 0.693. The van der Waals surface area contributed by atoms with Crippen molar-refractivity contribution in [3.8, 4) is 0 Å². The normalized spacial score (nSPS) is 20.6. The van der Waals surface area contributed by atoms with Gasteiger partial charge in [0, 0.05) is 19.0 Å². The van der Waals surface area contributed by atoms with E-state index in [9.17, 15) is 21.6 Å². The Labute approximate surface area is 158 Å². The fourth-order valence-electron chi connectivity index (χ4n) is 3.80.